The molecule has 1 aliphatic rings. The van der Waals surface area contributed by atoms with Crippen molar-refractivity contribution in [2.24, 2.45) is 0 Å². The summed E-state index contributed by atoms with van der Waals surface area (Å²) < 4.78 is 34.1. The Kier molecular flexibility index (Phi) is 6.29. The van der Waals surface area contributed by atoms with Crippen LogP contribution in [-0.4, -0.2) is 28.0 Å². The molecule has 3 rings (SSSR count). The number of sulfonamides is 1. The number of nitrogens with zero attached hydrogens (tertiary/aromatic N) is 1. The summed E-state index contributed by atoms with van der Waals surface area (Å²) in [5, 5.41) is 0. The van der Waals surface area contributed by atoms with E-state index in [0.29, 0.717) is 24.3 Å². The first kappa shape index (κ1) is 21.3. The number of aryl methyl sites for hydroxylation is 1. The molecular weight excluding hydrogens is 388 g/mol. The number of ether oxygens (including phenoxy) is 1. The molecule has 1 aliphatic heterocycles. The zero-order valence-corrected chi connectivity index (χ0v) is 18.2. The van der Waals surface area contributed by atoms with Gasteiger partial charge in [0, 0.05) is 25.2 Å². The fourth-order valence-electron chi connectivity index (χ4n) is 3.61. The summed E-state index contributed by atoms with van der Waals surface area (Å²) in [6, 6.07) is 10.9. The van der Waals surface area contributed by atoms with E-state index in [4.69, 9.17) is 4.74 Å². The fraction of sp³-hybridized carbons (Fsp3) is 0.409. The molecule has 2 aromatic carbocycles. The maximum absolute atomic E-state index is 13.0. The normalized spacial score (nSPS) is 14.7. The molecule has 7 heteroatoms. The van der Waals surface area contributed by atoms with Gasteiger partial charge >= 0.3 is 0 Å². The number of carbonyl (C=O) groups is 1. The van der Waals surface area contributed by atoms with E-state index in [-0.39, 0.29) is 23.3 Å². The standard InChI is InChI=1S/C22H28N2O4S/c1-15(2)19-13-21(16(3)11-20(19)28-4)29(26,27)23-14-17-7-5-8-18(12-17)24-10-6-9-22(24)25/h5,7-8,11-13,15,23H,6,9-10,14H2,1-4H3. The van der Waals surface area contributed by atoms with E-state index < -0.39 is 10.0 Å². The Bertz CT molecular complexity index is 1020. The lowest BCUT2D eigenvalue weighted by Gasteiger charge is -2.18. The third-order valence-corrected chi connectivity index (χ3v) is 6.74. The van der Waals surface area contributed by atoms with Crippen molar-refractivity contribution in [3.63, 3.8) is 0 Å². The van der Waals surface area contributed by atoms with Crippen LogP contribution in [0.5, 0.6) is 5.75 Å². The highest BCUT2D eigenvalue weighted by Crippen LogP contribution is 2.31. The van der Waals surface area contributed by atoms with Crippen molar-refractivity contribution < 1.29 is 17.9 Å². The highest BCUT2D eigenvalue weighted by atomic mass is 32.2. The number of hydrogen-bond acceptors (Lipinski definition) is 4. The minimum absolute atomic E-state index is 0.109. The average molecular weight is 417 g/mol. The van der Waals surface area contributed by atoms with Crippen LogP contribution in [0.25, 0.3) is 0 Å². The summed E-state index contributed by atoms with van der Waals surface area (Å²) in [5.74, 6) is 0.936. The Hall–Kier alpha value is -2.38. The first-order valence-electron chi connectivity index (χ1n) is 9.80. The molecule has 0 unspecified atom stereocenters. The summed E-state index contributed by atoms with van der Waals surface area (Å²) in [4.78, 5) is 14.0. The van der Waals surface area contributed by atoms with Gasteiger partial charge in [-0.15, -0.1) is 0 Å². The molecule has 6 nitrogen and oxygen atoms in total. The molecule has 2 aromatic rings. The minimum atomic E-state index is -3.70. The molecule has 156 valence electrons. The van der Waals surface area contributed by atoms with Crippen molar-refractivity contribution in [1.29, 1.82) is 0 Å². The van der Waals surface area contributed by atoms with E-state index in [0.717, 1.165) is 23.2 Å². The van der Waals surface area contributed by atoms with E-state index >= 15 is 0 Å². The predicted molar refractivity (Wildman–Crippen MR) is 114 cm³/mol. The molecule has 0 bridgehead atoms. The maximum Gasteiger partial charge on any atom is 0.241 e. The van der Waals surface area contributed by atoms with Gasteiger partial charge in [0.2, 0.25) is 15.9 Å². The average Bonchev–Trinajstić information content (AvgIpc) is 3.12. The van der Waals surface area contributed by atoms with Gasteiger partial charge in [-0.1, -0.05) is 26.0 Å². The van der Waals surface area contributed by atoms with Gasteiger partial charge in [-0.2, -0.15) is 0 Å². The van der Waals surface area contributed by atoms with Crippen LogP contribution in [0, 0.1) is 6.92 Å². The van der Waals surface area contributed by atoms with Gasteiger partial charge in [0.25, 0.3) is 0 Å². The fourth-order valence-corrected chi connectivity index (χ4v) is 4.88. The second-order valence-electron chi connectivity index (χ2n) is 7.66. The van der Waals surface area contributed by atoms with E-state index in [1.165, 1.54) is 0 Å². The molecule has 1 heterocycles. The molecular formula is C22H28N2O4S. The van der Waals surface area contributed by atoms with Gasteiger partial charge in [0.1, 0.15) is 5.75 Å². The first-order valence-corrected chi connectivity index (χ1v) is 11.3. The summed E-state index contributed by atoms with van der Waals surface area (Å²) >= 11 is 0. The Balaban J connectivity index is 1.82. The second kappa shape index (κ2) is 8.55. The lowest BCUT2D eigenvalue weighted by molar-refractivity contribution is -0.117. The molecule has 1 fully saturated rings. The highest BCUT2D eigenvalue weighted by Gasteiger charge is 2.23. The minimum Gasteiger partial charge on any atom is -0.496 e. The largest absolute Gasteiger partial charge is 0.496 e. The van der Waals surface area contributed by atoms with Crippen molar-refractivity contribution in [2.75, 3.05) is 18.6 Å². The van der Waals surface area contributed by atoms with E-state index in [2.05, 4.69) is 4.72 Å². The molecule has 0 atom stereocenters. The van der Waals surface area contributed by atoms with Crippen molar-refractivity contribution in [2.45, 2.75) is 51.0 Å². The van der Waals surface area contributed by atoms with E-state index in [1.807, 2.05) is 38.1 Å². The number of carbonyl (C=O) groups excluding carboxylic acids is 1. The SMILES string of the molecule is COc1cc(C)c(S(=O)(=O)NCc2cccc(N3CCCC3=O)c2)cc1C(C)C. The number of nitrogens with one attached hydrogen (secondary N) is 1. The Morgan fingerprint density at radius 1 is 1.21 bits per heavy atom. The molecule has 0 aliphatic carbocycles. The first-order chi connectivity index (χ1) is 13.7. The lowest BCUT2D eigenvalue weighted by atomic mass is 10.0. The van der Waals surface area contributed by atoms with Crippen molar-refractivity contribution in [3.8, 4) is 5.75 Å². The van der Waals surface area contributed by atoms with Gasteiger partial charge in [0.05, 0.1) is 12.0 Å². The number of amides is 1. The zero-order chi connectivity index (χ0) is 21.2. The molecule has 0 saturated carbocycles. The summed E-state index contributed by atoms with van der Waals surface area (Å²) in [5.41, 5.74) is 3.11. The third kappa shape index (κ3) is 4.62. The molecule has 1 saturated heterocycles. The third-order valence-electron chi connectivity index (χ3n) is 5.20. The van der Waals surface area contributed by atoms with Crippen LogP contribution in [0.3, 0.4) is 0 Å². The maximum atomic E-state index is 13.0. The van der Waals surface area contributed by atoms with Crippen LogP contribution in [-0.2, 0) is 21.4 Å². The predicted octanol–water partition coefficient (Wildman–Crippen LogP) is 3.73. The Morgan fingerprint density at radius 2 is 1.97 bits per heavy atom. The van der Waals surface area contributed by atoms with Crippen LogP contribution in [0.4, 0.5) is 5.69 Å². The molecule has 1 amide bonds. The summed E-state index contributed by atoms with van der Waals surface area (Å²) in [6.45, 7) is 6.63. The highest BCUT2D eigenvalue weighted by molar-refractivity contribution is 7.89. The number of hydrogen-bond donors (Lipinski definition) is 1. The topological polar surface area (TPSA) is 75.7 Å². The number of methoxy groups -OCH3 is 1. The zero-order valence-electron chi connectivity index (χ0n) is 17.4. The van der Waals surface area contributed by atoms with Crippen molar-refractivity contribution >= 4 is 21.6 Å². The van der Waals surface area contributed by atoms with Gasteiger partial charge < -0.3 is 9.64 Å². The molecule has 0 spiro atoms. The van der Waals surface area contributed by atoms with Gasteiger partial charge in [-0.3, -0.25) is 4.79 Å². The van der Waals surface area contributed by atoms with E-state index in [1.54, 1.807) is 31.1 Å². The van der Waals surface area contributed by atoms with Crippen molar-refractivity contribution in [3.05, 3.63) is 53.1 Å². The Labute approximate surface area is 172 Å². The smallest absolute Gasteiger partial charge is 0.241 e. The Morgan fingerprint density at radius 3 is 2.59 bits per heavy atom. The molecule has 0 aromatic heterocycles. The van der Waals surface area contributed by atoms with Crippen LogP contribution in [0.2, 0.25) is 0 Å². The molecule has 1 N–H and O–H groups in total. The molecule has 29 heavy (non-hydrogen) atoms. The van der Waals surface area contributed by atoms with Crippen LogP contribution in [0.1, 0.15) is 49.3 Å². The van der Waals surface area contributed by atoms with Crippen LogP contribution >= 0.6 is 0 Å². The van der Waals surface area contributed by atoms with E-state index in [9.17, 15) is 13.2 Å². The second-order valence-corrected chi connectivity index (χ2v) is 9.39. The molecule has 0 radical (unpaired) electrons. The van der Waals surface area contributed by atoms with Gasteiger partial charge in [0.15, 0.2) is 0 Å². The number of rotatable bonds is 7. The van der Waals surface area contributed by atoms with Gasteiger partial charge in [-0.05, 0) is 60.2 Å². The van der Waals surface area contributed by atoms with Gasteiger partial charge in [-0.25, -0.2) is 13.1 Å². The van der Waals surface area contributed by atoms with Crippen LogP contribution in [0.15, 0.2) is 41.3 Å². The van der Waals surface area contributed by atoms with Crippen molar-refractivity contribution in [1.82, 2.24) is 4.72 Å². The lowest BCUT2D eigenvalue weighted by Crippen LogP contribution is -2.25. The number of anilines is 1. The quantitative estimate of drug-likeness (QED) is 0.746. The number of benzene rings is 2. The summed E-state index contributed by atoms with van der Waals surface area (Å²) in [7, 11) is -2.11. The van der Waals surface area contributed by atoms with Crippen LogP contribution < -0.4 is 14.4 Å². The summed E-state index contributed by atoms with van der Waals surface area (Å²) in [6.07, 6.45) is 1.41. The monoisotopic (exact) mass is 416 g/mol.